The summed E-state index contributed by atoms with van der Waals surface area (Å²) < 4.78 is 14.2. The molecule has 5 heteroatoms. The summed E-state index contributed by atoms with van der Waals surface area (Å²) in [5, 5.41) is 2.73. The molecule has 0 radical (unpaired) electrons. The van der Waals surface area contributed by atoms with Crippen molar-refractivity contribution in [3.63, 3.8) is 0 Å². The van der Waals surface area contributed by atoms with Crippen LogP contribution in [0.3, 0.4) is 0 Å². The molecule has 0 aromatic heterocycles. The summed E-state index contributed by atoms with van der Waals surface area (Å²) in [5.74, 6) is 1.63. The third-order valence-electron chi connectivity index (χ3n) is 7.69. The number of amides is 2. The van der Waals surface area contributed by atoms with E-state index in [0.717, 1.165) is 31.2 Å². The molecule has 0 spiro atoms. The van der Waals surface area contributed by atoms with Crippen molar-refractivity contribution in [1.29, 1.82) is 0 Å². The minimum absolute atomic E-state index is 0.199. The molecule has 4 saturated carbocycles. The Morgan fingerprint density at radius 3 is 2.36 bits per heavy atom. The van der Waals surface area contributed by atoms with Gasteiger partial charge in [0.1, 0.15) is 11.9 Å². The summed E-state index contributed by atoms with van der Waals surface area (Å²) in [6, 6.07) is 4.33. The number of carbonyl (C=O) groups excluding carboxylic acids is 2. The van der Waals surface area contributed by atoms with E-state index in [0.29, 0.717) is 30.7 Å². The highest BCUT2D eigenvalue weighted by molar-refractivity contribution is 5.98. The molecule has 1 N–H and O–H groups in total. The van der Waals surface area contributed by atoms with Crippen molar-refractivity contribution in [2.75, 3.05) is 11.9 Å². The van der Waals surface area contributed by atoms with E-state index in [-0.39, 0.29) is 22.9 Å². The summed E-state index contributed by atoms with van der Waals surface area (Å²) >= 11 is 0. The van der Waals surface area contributed by atoms with Crippen LogP contribution in [-0.2, 0) is 9.59 Å². The fourth-order valence-corrected chi connectivity index (χ4v) is 6.90. The van der Waals surface area contributed by atoms with Crippen molar-refractivity contribution in [2.24, 2.45) is 23.2 Å². The lowest BCUT2D eigenvalue weighted by Gasteiger charge is -2.56. The van der Waals surface area contributed by atoms with Crippen LogP contribution in [0.1, 0.15) is 56.9 Å². The Labute approximate surface area is 165 Å². The normalized spacial score (nSPS) is 36.0. The maximum atomic E-state index is 14.2. The van der Waals surface area contributed by atoms with Gasteiger partial charge in [-0.1, -0.05) is 6.07 Å². The average Bonchev–Trinajstić information content (AvgIpc) is 3.12. The SMILES string of the molecule is Cc1ccc(NC(=O)C2CCCN2C(=O)C23CC4CC(CC(C4)C2)C3)c(F)c1. The average molecular weight is 384 g/mol. The van der Waals surface area contributed by atoms with E-state index in [9.17, 15) is 14.0 Å². The van der Waals surface area contributed by atoms with Crippen LogP contribution in [0.5, 0.6) is 0 Å². The van der Waals surface area contributed by atoms with E-state index in [1.807, 2.05) is 11.8 Å². The number of nitrogens with one attached hydrogen (secondary N) is 1. The van der Waals surface area contributed by atoms with Gasteiger partial charge in [-0.25, -0.2) is 4.39 Å². The van der Waals surface area contributed by atoms with Crippen LogP contribution in [0.2, 0.25) is 0 Å². The number of benzene rings is 1. The number of anilines is 1. The Balaban J connectivity index is 1.34. The lowest BCUT2D eigenvalue weighted by molar-refractivity contribution is -0.160. The lowest BCUT2D eigenvalue weighted by atomic mass is 9.49. The lowest BCUT2D eigenvalue weighted by Crippen LogP contribution is -2.56. The molecule has 5 aliphatic rings. The predicted molar refractivity (Wildman–Crippen MR) is 105 cm³/mol. The van der Waals surface area contributed by atoms with Gasteiger partial charge in [0.25, 0.3) is 0 Å². The number of halogens is 1. The molecule has 28 heavy (non-hydrogen) atoms. The number of aryl methyl sites for hydroxylation is 1. The molecule has 2 amide bonds. The third kappa shape index (κ3) is 2.94. The number of hydrogen-bond acceptors (Lipinski definition) is 2. The van der Waals surface area contributed by atoms with E-state index >= 15 is 0 Å². The van der Waals surface area contributed by atoms with Gasteiger partial charge in [0.05, 0.1) is 11.1 Å². The first kappa shape index (κ1) is 18.1. The van der Waals surface area contributed by atoms with E-state index < -0.39 is 11.9 Å². The van der Waals surface area contributed by atoms with E-state index in [2.05, 4.69) is 5.32 Å². The highest BCUT2D eigenvalue weighted by Gasteiger charge is 2.56. The van der Waals surface area contributed by atoms with Crippen LogP contribution in [-0.4, -0.2) is 29.3 Å². The van der Waals surface area contributed by atoms with Gasteiger partial charge in [0.15, 0.2) is 0 Å². The molecular formula is C23H29FN2O2. The van der Waals surface area contributed by atoms with Gasteiger partial charge >= 0.3 is 0 Å². The topological polar surface area (TPSA) is 49.4 Å². The molecule has 1 saturated heterocycles. The molecule has 5 fully saturated rings. The van der Waals surface area contributed by atoms with E-state index in [1.165, 1.54) is 25.3 Å². The zero-order valence-electron chi connectivity index (χ0n) is 16.5. The van der Waals surface area contributed by atoms with Crippen LogP contribution < -0.4 is 5.32 Å². The van der Waals surface area contributed by atoms with Gasteiger partial charge in [-0.05, 0) is 93.7 Å². The number of hydrogen-bond donors (Lipinski definition) is 1. The zero-order valence-corrected chi connectivity index (χ0v) is 16.5. The van der Waals surface area contributed by atoms with Crippen LogP contribution in [0.15, 0.2) is 18.2 Å². The van der Waals surface area contributed by atoms with E-state index in [1.54, 1.807) is 12.1 Å². The highest BCUT2D eigenvalue weighted by atomic mass is 19.1. The van der Waals surface area contributed by atoms with Gasteiger partial charge in [-0.2, -0.15) is 0 Å². The fraction of sp³-hybridized carbons (Fsp3) is 0.652. The molecule has 4 aliphatic carbocycles. The molecule has 1 aliphatic heterocycles. The van der Waals surface area contributed by atoms with Gasteiger partial charge in [0.2, 0.25) is 11.8 Å². The Hall–Kier alpha value is -1.91. The molecule has 1 atom stereocenters. The third-order valence-corrected chi connectivity index (χ3v) is 7.69. The van der Waals surface area contributed by atoms with Crippen molar-refractivity contribution in [1.82, 2.24) is 4.90 Å². The summed E-state index contributed by atoms with van der Waals surface area (Å²) in [5.41, 5.74) is 0.784. The van der Waals surface area contributed by atoms with Crippen molar-refractivity contribution < 1.29 is 14.0 Å². The smallest absolute Gasteiger partial charge is 0.247 e. The molecule has 1 aromatic carbocycles. The van der Waals surface area contributed by atoms with Crippen LogP contribution in [0, 0.1) is 35.9 Å². The zero-order chi connectivity index (χ0) is 19.5. The molecule has 1 aromatic rings. The largest absolute Gasteiger partial charge is 0.330 e. The summed E-state index contributed by atoms with van der Waals surface area (Å²) in [6.45, 7) is 2.46. The second-order valence-electron chi connectivity index (χ2n) is 9.83. The first-order valence-corrected chi connectivity index (χ1v) is 10.8. The van der Waals surface area contributed by atoms with Gasteiger partial charge < -0.3 is 10.2 Å². The van der Waals surface area contributed by atoms with Gasteiger partial charge in [-0.3, -0.25) is 9.59 Å². The highest BCUT2D eigenvalue weighted by Crippen LogP contribution is 2.60. The molecular weight excluding hydrogens is 355 g/mol. The summed E-state index contributed by atoms with van der Waals surface area (Å²) in [7, 11) is 0. The Morgan fingerprint density at radius 2 is 1.75 bits per heavy atom. The second-order valence-corrected chi connectivity index (χ2v) is 9.83. The van der Waals surface area contributed by atoms with Crippen LogP contribution >= 0.6 is 0 Å². The standard InChI is InChI=1S/C23H29FN2O2/c1-14-4-5-19(18(24)7-14)25-21(27)20-3-2-6-26(20)22(28)23-11-15-8-16(12-23)10-17(9-15)13-23/h4-5,7,15-17,20H,2-3,6,8-13H2,1H3,(H,25,27). The number of nitrogens with zero attached hydrogens (tertiary/aromatic N) is 1. The van der Waals surface area contributed by atoms with Crippen molar-refractivity contribution in [3.8, 4) is 0 Å². The van der Waals surface area contributed by atoms with Crippen molar-refractivity contribution in [2.45, 2.75) is 64.3 Å². The summed E-state index contributed by atoms with van der Waals surface area (Å²) in [6.07, 6.45) is 8.42. The van der Waals surface area contributed by atoms with Crippen molar-refractivity contribution in [3.05, 3.63) is 29.6 Å². The maximum Gasteiger partial charge on any atom is 0.247 e. The Bertz CT molecular complexity index is 786. The fourth-order valence-electron chi connectivity index (χ4n) is 6.90. The number of carbonyl (C=O) groups is 2. The number of rotatable bonds is 3. The molecule has 4 bridgehead atoms. The molecule has 4 nitrogen and oxygen atoms in total. The van der Waals surface area contributed by atoms with Crippen LogP contribution in [0.25, 0.3) is 0 Å². The molecule has 150 valence electrons. The summed E-state index contributed by atoms with van der Waals surface area (Å²) in [4.78, 5) is 28.4. The molecule has 1 unspecified atom stereocenters. The van der Waals surface area contributed by atoms with Crippen molar-refractivity contribution >= 4 is 17.5 Å². The first-order chi connectivity index (χ1) is 13.4. The molecule has 6 rings (SSSR count). The Kier molecular flexibility index (Phi) is 4.25. The quantitative estimate of drug-likeness (QED) is 0.846. The van der Waals surface area contributed by atoms with Crippen LogP contribution in [0.4, 0.5) is 10.1 Å². The first-order valence-electron chi connectivity index (χ1n) is 10.8. The molecule has 1 heterocycles. The van der Waals surface area contributed by atoms with Gasteiger partial charge in [-0.15, -0.1) is 0 Å². The monoisotopic (exact) mass is 384 g/mol. The minimum Gasteiger partial charge on any atom is -0.330 e. The second kappa shape index (κ2) is 6.57. The minimum atomic E-state index is -0.471. The van der Waals surface area contributed by atoms with E-state index in [4.69, 9.17) is 0 Å². The maximum absolute atomic E-state index is 14.2. The Morgan fingerprint density at radius 1 is 1.11 bits per heavy atom. The van der Waals surface area contributed by atoms with Gasteiger partial charge in [0, 0.05) is 6.54 Å². The predicted octanol–water partition coefficient (Wildman–Crippen LogP) is 4.28. The number of likely N-dealkylation sites (tertiary alicyclic amines) is 1.